The van der Waals surface area contributed by atoms with Crippen molar-refractivity contribution in [1.29, 1.82) is 0 Å². The van der Waals surface area contributed by atoms with Crippen molar-refractivity contribution in [3.8, 4) is 0 Å². The van der Waals surface area contributed by atoms with Gasteiger partial charge in [0, 0.05) is 5.75 Å². The van der Waals surface area contributed by atoms with Gasteiger partial charge in [0.15, 0.2) is 5.16 Å². The second-order valence-corrected chi connectivity index (χ2v) is 4.33. The monoisotopic (exact) mass is 252 g/mol. The Morgan fingerprint density at radius 3 is 3.12 bits per heavy atom. The summed E-state index contributed by atoms with van der Waals surface area (Å²) >= 11 is 1.46. The zero-order valence-electron chi connectivity index (χ0n) is 8.97. The van der Waals surface area contributed by atoms with Crippen LogP contribution in [-0.4, -0.2) is 21.7 Å². The second kappa shape index (κ2) is 5.67. The first kappa shape index (κ1) is 11.9. The maximum absolute atomic E-state index is 11.0. The molecule has 1 heterocycles. The Balaban J connectivity index is 1.89. The highest BCUT2D eigenvalue weighted by atomic mass is 32.2. The molecule has 0 aliphatic carbocycles. The summed E-state index contributed by atoms with van der Waals surface area (Å²) in [6.07, 6.45) is 0.270. The van der Waals surface area contributed by atoms with Crippen LogP contribution in [0.3, 0.4) is 0 Å². The summed E-state index contributed by atoms with van der Waals surface area (Å²) in [5, 5.41) is 0.791. The van der Waals surface area contributed by atoms with Crippen LogP contribution in [0.15, 0.2) is 29.4 Å². The predicted molar refractivity (Wildman–Crippen MR) is 64.8 cm³/mol. The van der Waals surface area contributed by atoms with E-state index >= 15 is 0 Å². The Bertz CT molecular complexity index is 481. The number of nitrogens with two attached hydrogens (primary N) is 1. The Hall–Kier alpha value is -1.57. The number of carbonyl (C=O) groups is 1. The molecule has 0 saturated carbocycles. The highest BCUT2D eigenvalue weighted by Gasteiger charge is 2.05. The molecule has 2 rings (SSSR count). The molecule has 0 aliphatic rings. The molecule has 6 nitrogen and oxygen atoms in total. The van der Waals surface area contributed by atoms with Crippen LogP contribution >= 0.6 is 11.8 Å². The van der Waals surface area contributed by atoms with Gasteiger partial charge < -0.3 is 9.82 Å². The van der Waals surface area contributed by atoms with E-state index in [0.29, 0.717) is 5.75 Å². The Labute approximate surface area is 102 Å². The zero-order chi connectivity index (χ0) is 12.1. The molecular formula is C10H12N4O2S. The fourth-order valence-corrected chi connectivity index (χ4v) is 2.15. The number of thioether (sulfide) groups is 1. The number of nitrogens with one attached hydrogen (secondary N) is 2. The summed E-state index contributed by atoms with van der Waals surface area (Å²) in [6, 6.07) is 7.77. The molecule has 2 aromatic rings. The first-order valence-corrected chi connectivity index (χ1v) is 6.01. The van der Waals surface area contributed by atoms with Gasteiger partial charge in [0.1, 0.15) is 0 Å². The Morgan fingerprint density at radius 1 is 1.53 bits per heavy atom. The molecule has 4 N–H and O–H groups in total. The Morgan fingerprint density at radius 2 is 2.35 bits per heavy atom. The molecule has 0 amide bonds. The molecule has 0 aliphatic heterocycles. The number of para-hydroxylation sites is 2. The molecule has 0 radical (unpaired) electrons. The zero-order valence-corrected chi connectivity index (χ0v) is 9.79. The summed E-state index contributed by atoms with van der Waals surface area (Å²) in [5.41, 5.74) is 3.76. The van der Waals surface area contributed by atoms with E-state index in [0.717, 1.165) is 16.2 Å². The molecule has 0 fully saturated rings. The molecule has 90 valence electrons. The lowest BCUT2D eigenvalue weighted by atomic mass is 10.3. The van der Waals surface area contributed by atoms with E-state index in [1.54, 1.807) is 0 Å². The number of rotatable bonds is 5. The fraction of sp³-hybridized carbons (Fsp3) is 0.200. The molecule has 0 spiro atoms. The SMILES string of the molecule is NNOC(=O)CCSc1nc2ccccc2[nH]1. The standard InChI is InChI=1S/C10H12N4O2S/c11-14-16-9(15)5-6-17-10-12-7-3-1-2-4-8(7)13-10/h1-4,14H,5-6,11H2,(H,12,13). The lowest BCUT2D eigenvalue weighted by molar-refractivity contribution is -0.150. The highest BCUT2D eigenvalue weighted by molar-refractivity contribution is 7.99. The Kier molecular flexibility index (Phi) is 3.97. The van der Waals surface area contributed by atoms with Gasteiger partial charge in [0.25, 0.3) is 0 Å². The van der Waals surface area contributed by atoms with Gasteiger partial charge in [-0.2, -0.15) is 0 Å². The van der Waals surface area contributed by atoms with Crippen molar-refractivity contribution < 1.29 is 9.63 Å². The van der Waals surface area contributed by atoms with Crippen LogP contribution in [0.25, 0.3) is 11.0 Å². The van der Waals surface area contributed by atoms with Crippen molar-refractivity contribution in [3.63, 3.8) is 0 Å². The molecule has 0 unspecified atom stereocenters. The largest absolute Gasteiger partial charge is 0.356 e. The van der Waals surface area contributed by atoms with Gasteiger partial charge in [-0.15, -0.1) is 0 Å². The average molecular weight is 252 g/mol. The average Bonchev–Trinajstić information content (AvgIpc) is 2.71. The normalized spacial score (nSPS) is 10.6. The van der Waals surface area contributed by atoms with E-state index in [-0.39, 0.29) is 6.42 Å². The number of carbonyl (C=O) groups excluding carboxylic acids is 1. The van der Waals surface area contributed by atoms with Crippen molar-refractivity contribution in [1.82, 2.24) is 15.6 Å². The van der Waals surface area contributed by atoms with E-state index in [2.05, 4.69) is 14.8 Å². The number of nitrogens with zero attached hydrogens (tertiary/aromatic N) is 1. The molecule has 17 heavy (non-hydrogen) atoms. The lowest BCUT2D eigenvalue weighted by Gasteiger charge is -1.99. The number of H-pyrrole nitrogens is 1. The van der Waals surface area contributed by atoms with Crippen LogP contribution in [0.2, 0.25) is 0 Å². The van der Waals surface area contributed by atoms with Gasteiger partial charge in [-0.05, 0) is 12.1 Å². The third kappa shape index (κ3) is 3.19. The van der Waals surface area contributed by atoms with E-state index in [4.69, 9.17) is 5.84 Å². The third-order valence-corrected chi connectivity index (χ3v) is 2.96. The number of aromatic nitrogens is 2. The summed E-state index contributed by atoms with van der Waals surface area (Å²) in [5.74, 6) is 5.04. The van der Waals surface area contributed by atoms with Gasteiger partial charge in [-0.3, -0.25) is 4.79 Å². The van der Waals surface area contributed by atoms with E-state index in [9.17, 15) is 4.79 Å². The first-order valence-electron chi connectivity index (χ1n) is 5.02. The smallest absolute Gasteiger partial charge is 0.327 e. The molecule has 7 heteroatoms. The van der Waals surface area contributed by atoms with Crippen LogP contribution in [-0.2, 0) is 9.63 Å². The minimum atomic E-state index is -0.392. The number of imidazole rings is 1. The number of fused-ring (bicyclic) bond motifs is 1. The summed E-state index contributed by atoms with van der Waals surface area (Å²) < 4.78 is 0. The van der Waals surface area contributed by atoms with Crippen LogP contribution in [0, 0.1) is 0 Å². The van der Waals surface area contributed by atoms with Crippen molar-refractivity contribution in [2.75, 3.05) is 5.75 Å². The van der Waals surface area contributed by atoms with Gasteiger partial charge in [0.05, 0.1) is 17.5 Å². The summed E-state index contributed by atoms with van der Waals surface area (Å²) in [6.45, 7) is 0. The van der Waals surface area contributed by atoms with Crippen molar-refractivity contribution in [3.05, 3.63) is 24.3 Å². The van der Waals surface area contributed by atoms with Crippen molar-refractivity contribution >= 4 is 28.8 Å². The van der Waals surface area contributed by atoms with Crippen LogP contribution in [0.5, 0.6) is 0 Å². The number of aromatic amines is 1. The van der Waals surface area contributed by atoms with Gasteiger partial charge in [-0.25, -0.2) is 10.8 Å². The molecule has 1 aromatic carbocycles. The summed E-state index contributed by atoms with van der Waals surface area (Å²) in [4.78, 5) is 22.9. The van der Waals surface area contributed by atoms with Gasteiger partial charge in [0.2, 0.25) is 0 Å². The van der Waals surface area contributed by atoms with Crippen LogP contribution < -0.4 is 11.4 Å². The first-order chi connectivity index (χ1) is 8.29. The molecule has 0 saturated heterocycles. The third-order valence-electron chi connectivity index (χ3n) is 2.09. The topological polar surface area (TPSA) is 93.0 Å². The summed E-state index contributed by atoms with van der Waals surface area (Å²) in [7, 11) is 0. The van der Waals surface area contributed by atoms with E-state index < -0.39 is 5.97 Å². The van der Waals surface area contributed by atoms with Crippen LogP contribution in [0.4, 0.5) is 0 Å². The predicted octanol–water partition coefficient (Wildman–Crippen LogP) is 0.967. The second-order valence-electron chi connectivity index (χ2n) is 3.25. The van der Waals surface area contributed by atoms with Crippen molar-refractivity contribution in [2.45, 2.75) is 11.6 Å². The van der Waals surface area contributed by atoms with E-state index in [1.807, 2.05) is 29.9 Å². The fourth-order valence-electron chi connectivity index (χ4n) is 1.35. The maximum Gasteiger partial charge on any atom is 0.327 e. The number of benzene rings is 1. The minimum absolute atomic E-state index is 0.270. The molecule has 1 aromatic heterocycles. The molecule has 0 atom stereocenters. The number of hydrogen-bond donors (Lipinski definition) is 3. The quantitative estimate of drug-likeness (QED) is 0.417. The van der Waals surface area contributed by atoms with E-state index in [1.165, 1.54) is 11.8 Å². The molecule has 0 bridgehead atoms. The molecular weight excluding hydrogens is 240 g/mol. The van der Waals surface area contributed by atoms with Crippen molar-refractivity contribution in [2.24, 2.45) is 5.84 Å². The maximum atomic E-state index is 11.0. The number of hydrogen-bond acceptors (Lipinski definition) is 6. The van der Waals surface area contributed by atoms with Gasteiger partial charge >= 0.3 is 5.97 Å². The lowest BCUT2D eigenvalue weighted by Crippen LogP contribution is -2.26. The number of hydrazine groups is 1. The van der Waals surface area contributed by atoms with Gasteiger partial charge in [-0.1, -0.05) is 29.5 Å². The highest BCUT2D eigenvalue weighted by Crippen LogP contribution is 2.19. The minimum Gasteiger partial charge on any atom is -0.356 e. The van der Waals surface area contributed by atoms with Crippen LogP contribution in [0.1, 0.15) is 6.42 Å².